The van der Waals surface area contributed by atoms with Crippen LogP contribution in [0.2, 0.25) is 0 Å². The topological polar surface area (TPSA) is 68.5 Å². The second-order valence-electron chi connectivity index (χ2n) is 10.7. The average molecular weight is 471 g/mol. The van der Waals surface area contributed by atoms with E-state index in [1.54, 1.807) is 24.4 Å². The number of fused-ring (bicyclic) bond motifs is 1. The van der Waals surface area contributed by atoms with Crippen molar-refractivity contribution in [2.45, 2.75) is 78.5 Å². The Hall–Kier alpha value is -2.87. The third-order valence-corrected chi connectivity index (χ3v) is 6.30. The Morgan fingerprint density at radius 2 is 1.74 bits per heavy atom. The van der Waals surface area contributed by atoms with E-state index in [0.29, 0.717) is 29.1 Å². The molecule has 1 N–H and O–H groups in total. The first-order valence-electron chi connectivity index (χ1n) is 11.6. The van der Waals surface area contributed by atoms with E-state index in [1.165, 1.54) is 18.2 Å². The molecule has 0 atom stereocenters. The summed E-state index contributed by atoms with van der Waals surface area (Å²) in [5, 5.41) is 3.65. The van der Waals surface area contributed by atoms with Gasteiger partial charge in [0.1, 0.15) is 23.9 Å². The summed E-state index contributed by atoms with van der Waals surface area (Å²) in [6.07, 6.45) is 3.97. The van der Waals surface area contributed by atoms with Crippen molar-refractivity contribution in [2.24, 2.45) is 5.92 Å². The zero-order valence-corrected chi connectivity index (χ0v) is 20.6. The molecule has 34 heavy (non-hydrogen) atoms. The number of halogens is 2. The summed E-state index contributed by atoms with van der Waals surface area (Å²) in [6, 6.07) is 3.67. The molecule has 4 rings (SSSR count). The van der Waals surface area contributed by atoms with Gasteiger partial charge in [-0.3, -0.25) is 9.20 Å². The van der Waals surface area contributed by atoms with Crippen LogP contribution in [0.4, 0.5) is 8.78 Å². The minimum absolute atomic E-state index is 0.0141. The van der Waals surface area contributed by atoms with Crippen LogP contribution in [0.25, 0.3) is 5.65 Å². The lowest BCUT2D eigenvalue weighted by molar-refractivity contribution is 0.0858. The molecule has 1 fully saturated rings. The Morgan fingerprint density at radius 3 is 2.35 bits per heavy atom. The number of hydrogen-bond donors (Lipinski definition) is 1. The Labute approximate surface area is 198 Å². The quantitative estimate of drug-likeness (QED) is 0.493. The Morgan fingerprint density at radius 1 is 1.12 bits per heavy atom. The largest absolute Gasteiger partial charge is 0.470 e. The number of benzene rings is 1. The fourth-order valence-electron chi connectivity index (χ4n) is 5.53. The lowest BCUT2D eigenvalue weighted by Gasteiger charge is -2.46. The third-order valence-electron chi connectivity index (χ3n) is 6.30. The summed E-state index contributed by atoms with van der Waals surface area (Å²) < 4.78 is 35.5. The van der Waals surface area contributed by atoms with Crippen LogP contribution in [0.5, 0.6) is 5.88 Å². The van der Waals surface area contributed by atoms with Crippen molar-refractivity contribution in [3.63, 3.8) is 0 Å². The van der Waals surface area contributed by atoms with Crippen LogP contribution in [-0.2, 0) is 6.61 Å². The summed E-state index contributed by atoms with van der Waals surface area (Å²) in [7, 11) is 0. The molecule has 8 heteroatoms. The monoisotopic (exact) mass is 470 g/mol. The summed E-state index contributed by atoms with van der Waals surface area (Å²) >= 11 is 0. The van der Waals surface area contributed by atoms with E-state index in [-0.39, 0.29) is 40.8 Å². The molecule has 0 saturated carbocycles. The molecular formula is C26H32F2N4O2. The molecule has 1 aliphatic heterocycles. The number of ketones is 1. The SMILES string of the molecule is Cc1cn2c(C(=O)CC3CC(C)(C)NC(C)(C)C3)c(C)nc2c(OCc2c(F)cccc2F)n1. The minimum Gasteiger partial charge on any atom is -0.470 e. The van der Waals surface area contributed by atoms with Crippen LogP contribution in [0, 0.1) is 31.4 Å². The molecule has 1 aromatic carbocycles. The summed E-state index contributed by atoms with van der Waals surface area (Å²) in [6.45, 7) is 11.9. The predicted molar refractivity (Wildman–Crippen MR) is 126 cm³/mol. The molecule has 1 saturated heterocycles. The van der Waals surface area contributed by atoms with E-state index >= 15 is 0 Å². The van der Waals surface area contributed by atoms with Gasteiger partial charge in [0, 0.05) is 23.7 Å². The number of nitrogens with zero attached hydrogens (tertiary/aromatic N) is 3. The number of carbonyl (C=O) groups excluding carboxylic acids is 1. The zero-order valence-electron chi connectivity index (χ0n) is 20.6. The highest BCUT2D eigenvalue weighted by molar-refractivity contribution is 5.96. The first-order chi connectivity index (χ1) is 15.8. The molecule has 0 spiro atoms. The number of aromatic nitrogens is 3. The van der Waals surface area contributed by atoms with Gasteiger partial charge in [-0.1, -0.05) is 6.07 Å². The lowest BCUT2D eigenvalue weighted by atomic mass is 9.74. The van der Waals surface area contributed by atoms with Crippen LogP contribution in [0.1, 0.15) is 74.4 Å². The summed E-state index contributed by atoms with van der Waals surface area (Å²) in [5.74, 6) is -0.987. The molecule has 1 aliphatic rings. The normalized spacial score (nSPS) is 17.8. The highest BCUT2D eigenvalue weighted by Gasteiger charge is 2.38. The Balaban J connectivity index is 1.63. The van der Waals surface area contributed by atoms with Crippen LogP contribution >= 0.6 is 0 Å². The van der Waals surface area contributed by atoms with E-state index < -0.39 is 11.6 Å². The molecule has 0 bridgehead atoms. The zero-order chi connectivity index (χ0) is 24.8. The number of nitrogens with one attached hydrogen (secondary N) is 1. The van der Waals surface area contributed by atoms with Gasteiger partial charge in [-0.2, -0.15) is 0 Å². The maximum atomic E-state index is 14.0. The molecule has 182 valence electrons. The van der Waals surface area contributed by atoms with Crippen LogP contribution in [-0.4, -0.2) is 31.2 Å². The maximum absolute atomic E-state index is 14.0. The van der Waals surface area contributed by atoms with E-state index in [4.69, 9.17) is 4.74 Å². The van der Waals surface area contributed by atoms with Crippen LogP contribution in [0.15, 0.2) is 24.4 Å². The van der Waals surface area contributed by atoms with Gasteiger partial charge in [-0.05, 0) is 72.4 Å². The Bertz CT molecular complexity index is 1210. The van der Waals surface area contributed by atoms with Crippen molar-refractivity contribution >= 4 is 11.4 Å². The molecule has 2 aromatic heterocycles. The van der Waals surface area contributed by atoms with Crippen LogP contribution < -0.4 is 10.1 Å². The Kier molecular flexibility index (Phi) is 6.23. The minimum atomic E-state index is -0.688. The van der Waals surface area contributed by atoms with Gasteiger partial charge in [-0.15, -0.1) is 0 Å². The molecule has 0 aliphatic carbocycles. The number of imidazole rings is 1. The standard InChI is InChI=1S/C26H32F2N4O2/c1-15-13-32-22(21(33)10-17-11-25(3,4)31-26(5,6)12-17)16(2)30-23(32)24(29-15)34-14-18-19(27)8-7-9-20(18)28/h7-9,13,17,31H,10-12,14H2,1-6H3. The lowest BCUT2D eigenvalue weighted by Crippen LogP contribution is -2.57. The van der Waals surface area contributed by atoms with Gasteiger partial charge < -0.3 is 10.1 Å². The smallest absolute Gasteiger partial charge is 0.258 e. The van der Waals surface area contributed by atoms with E-state index in [1.807, 2.05) is 0 Å². The molecule has 0 radical (unpaired) electrons. The predicted octanol–water partition coefficient (Wildman–Crippen LogP) is 5.33. The number of ether oxygens (including phenoxy) is 1. The van der Waals surface area contributed by atoms with Gasteiger partial charge in [-0.25, -0.2) is 18.7 Å². The van der Waals surface area contributed by atoms with E-state index in [2.05, 4.69) is 43.0 Å². The van der Waals surface area contributed by atoms with Crippen molar-refractivity contribution in [2.75, 3.05) is 0 Å². The number of Topliss-reactive ketones (excluding diaryl/α,β-unsaturated/α-hetero) is 1. The highest BCUT2D eigenvalue weighted by Crippen LogP contribution is 2.36. The van der Waals surface area contributed by atoms with Gasteiger partial charge in [0.15, 0.2) is 5.78 Å². The summed E-state index contributed by atoms with van der Waals surface area (Å²) in [4.78, 5) is 22.4. The second-order valence-corrected chi connectivity index (χ2v) is 10.7. The van der Waals surface area contributed by atoms with Crippen molar-refractivity contribution in [3.8, 4) is 5.88 Å². The number of rotatable bonds is 6. The second kappa shape index (κ2) is 8.73. The van der Waals surface area contributed by atoms with Crippen molar-refractivity contribution in [1.29, 1.82) is 0 Å². The fourth-order valence-corrected chi connectivity index (χ4v) is 5.53. The van der Waals surface area contributed by atoms with Crippen LogP contribution in [0.3, 0.4) is 0 Å². The molecule has 3 heterocycles. The van der Waals surface area contributed by atoms with Gasteiger partial charge in [0.2, 0.25) is 5.65 Å². The van der Waals surface area contributed by atoms with E-state index in [0.717, 1.165) is 12.8 Å². The number of piperidine rings is 1. The number of aryl methyl sites for hydroxylation is 2. The number of hydrogen-bond acceptors (Lipinski definition) is 5. The first kappa shape index (κ1) is 24.3. The van der Waals surface area contributed by atoms with Gasteiger partial charge in [0.05, 0.1) is 17.0 Å². The number of carbonyl (C=O) groups is 1. The van der Waals surface area contributed by atoms with Crippen molar-refractivity contribution in [3.05, 3.63) is 58.7 Å². The molecule has 0 unspecified atom stereocenters. The van der Waals surface area contributed by atoms with Crippen molar-refractivity contribution < 1.29 is 18.3 Å². The summed E-state index contributed by atoms with van der Waals surface area (Å²) in [5.41, 5.74) is 1.75. The highest BCUT2D eigenvalue weighted by atomic mass is 19.1. The van der Waals surface area contributed by atoms with Crippen molar-refractivity contribution in [1.82, 2.24) is 19.7 Å². The third kappa shape index (κ3) is 4.97. The molecular weight excluding hydrogens is 438 g/mol. The van der Waals surface area contributed by atoms with Gasteiger partial charge >= 0.3 is 0 Å². The average Bonchev–Trinajstić information content (AvgIpc) is 3.00. The van der Waals surface area contributed by atoms with Gasteiger partial charge in [0.25, 0.3) is 5.88 Å². The maximum Gasteiger partial charge on any atom is 0.258 e. The van der Waals surface area contributed by atoms with E-state index in [9.17, 15) is 13.6 Å². The molecule has 0 amide bonds. The molecule has 3 aromatic rings. The molecule has 6 nitrogen and oxygen atoms in total. The fraction of sp³-hybridized carbons (Fsp3) is 0.500. The first-order valence-corrected chi connectivity index (χ1v) is 11.6.